The van der Waals surface area contributed by atoms with E-state index in [1.807, 2.05) is 31.2 Å². The first kappa shape index (κ1) is 13.6. The number of aryl methyl sites for hydroxylation is 1. The van der Waals surface area contributed by atoms with Gasteiger partial charge in [-0.25, -0.2) is 4.98 Å². The summed E-state index contributed by atoms with van der Waals surface area (Å²) in [6.07, 6.45) is 0. The van der Waals surface area contributed by atoms with E-state index in [-0.39, 0.29) is 5.91 Å². The number of hydrogen-bond donors (Lipinski definition) is 2. The molecule has 1 amide bonds. The molecule has 1 heterocycles. The van der Waals surface area contributed by atoms with Crippen LogP contribution in [0.15, 0.2) is 42.5 Å². The third-order valence-electron chi connectivity index (χ3n) is 3.27. The molecule has 0 bridgehead atoms. The molecule has 0 radical (unpaired) electrons. The number of carbonyl (C=O) groups is 1. The Hall–Kier alpha value is -2.33. The minimum Gasteiger partial charge on any atom is -0.345 e. The summed E-state index contributed by atoms with van der Waals surface area (Å²) < 4.78 is 0. The highest BCUT2D eigenvalue weighted by atomic mass is 35.5. The van der Waals surface area contributed by atoms with E-state index in [0.717, 1.165) is 22.4 Å². The van der Waals surface area contributed by atoms with Gasteiger partial charge in [-0.05, 0) is 42.8 Å². The van der Waals surface area contributed by atoms with Crippen LogP contribution < -0.4 is 5.32 Å². The molecule has 3 aromatic rings. The molecule has 0 aliphatic rings. The third-order valence-corrected chi connectivity index (χ3v) is 3.70. The molecule has 2 N–H and O–H groups in total. The lowest BCUT2D eigenvalue weighted by Gasteiger charge is -2.05. The number of H-pyrrole nitrogens is 1. The summed E-state index contributed by atoms with van der Waals surface area (Å²) in [5, 5.41) is 3.50. The van der Waals surface area contributed by atoms with Crippen molar-refractivity contribution >= 4 is 28.5 Å². The Morgan fingerprint density at radius 3 is 2.86 bits per heavy atom. The number of aromatic nitrogens is 2. The first-order valence-electron chi connectivity index (χ1n) is 6.61. The lowest BCUT2D eigenvalue weighted by molar-refractivity contribution is 0.0950. The van der Waals surface area contributed by atoms with Gasteiger partial charge in [-0.3, -0.25) is 4.79 Å². The van der Waals surface area contributed by atoms with E-state index in [2.05, 4.69) is 15.3 Å². The molecule has 0 saturated carbocycles. The number of para-hydroxylation sites is 2. The van der Waals surface area contributed by atoms with Crippen LogP contribution >= 0.6 is 11.6 Å². The van der Waals surface area contributed by atoms with Crippen molar-refractivity contribution in [3.63, 3.8) is 0 Å². The maximum atomic E-state index is 12.1. The van der Waals surface area contributed by atoms with Crippen LogP contribution in [0.4, 0.5) is 0 Å². The van der Waals surface area contributed by atoms with Gasteiger partial charge in [0.2, 0.25) is 0 Å². The summed E-state index contributed by atoms with van der Waals surface area (Å²) in [6.45, 7) is 2.23. The minimum absolute atomic E-state index is 0.143. The summed E-state index contributed by atoms with van der Waals surface area (Å²) in [6, 6.07) is 13.0. The van der Waals surface area contributed by atoms with Crippen LogP contribution in [-0.2, 0) is 6.54 Å². The van der Waals surface area contributed by atoms with E-state index >= 15 is 0 Å². The van der Waals surface area contributed by atoms with Crippen LogP contribution in [0.1, 0.15) is 21.7 Å². The minimum atomic E-state index is -0.143. The predicted molar refractivity (Wildman–Crippen MR) is 83.5 cm³/mol. The first-order valence-corrected chi connectivity index (χ1v) is 6.99. The molecule has 0 saturated heterocycles. The van der Waals surface area contributed by atoms with Crippen LogP contribution in [0, 0.1) is 6.92 Å². The first-order chi connectivity index (χ1) is 10.1. The van der Waals surface area contributed by atoms with E-state index in [4.69, 9.17) is 11.6 Å². The fourth-order valence-corrected chi connectivity index (χ4v) is 2.26. The number of rotatable bonds is 3. The zero-order valence-corrected chi connectivity index (χ0v) is 12.2. The predicted octanol–water partition coefficient (Wildman–Crippen LogP) is 3.45. The number of benzene rings is 2. The maximum absolute atomic E-state index is 12.1. The number of aromatic amines is 1. The Bertz CT molecular complexity index is 777. The molecule has 3 rings (SSSR count). The lowest BCUT2D eigenvalue weighted by atomic mass is 10.1. The van der Waals surface area contributed by atoms with Gasteiger partial charge < -0.3 is 10.3 Å². The molecule has 0 unspecified atom stereocenters. The second-order valence-corrected chi connectivity index (χ2v) is 5.25. The van der Waals surface area contributed by atoms with Crippen molar-refractivity contribution < 1.29 is 4.79 Å². The topological polar surface area (TPSA) is 57.8 Å². The van der Waals surface area contributed by atoms with Gasteiger partial charge in [-0.1, -0.05) is 23.7 Å². The van der Waals surface area contributed by atoms with E-state index in [1.54, 1.807) is 18.2 Å². The van der Waals surface area contributed by atoms with Crippen molar-refractivity contribution in [3.05, 3.63) is 64.4 Å². The molecule has 0 spiro atoms. The number of nitrogens with one attached hydrogen (secondary N) is 2. The Balaban J connectivity index is 1.71. The molecule has 0 atom stereocenters. The van der Waals surface area contributed by atoms with Crippen LogP contribution in [0.25, 0.3) is 11.0 Å². The molecule has 0 aliphatic heterocycles. The number of fused-ring (bicyclic) bond motifs is 1. The summed E-state index contributed by atoms with van der Waals surface area (Å²) >= 11 is 5.96. The summed E-state index contributed by atoms with van der Waals surface area (Å²) in [7, 11) is 0. The standard InChI is InChI=1S/C16H14ClN3O/c1-10-8-11(6-7-12(10)17)16(21)18-9-15-19-13-4-2-3-5-14(13)20-15/h2-8H,9H2,1H3,(H,18,21)(H,19,20). The number of carbonyl (C=O) groups excluding carboxylic acids is 1. The Morgan fingerprint density at radius 1 is 1.29 bits per heavy atom. The van der Waals surface area contributed by atoms with Crippen molar-refractivity contribution in [2.75, 3.05) is 0 Å². The van der Waals surface area contributed by atoms with Gasteiger partial charge in [0.05, 0.1) is 17.6 Å². The van der Waals surface area contributed by atoms with Gasteiger partial charge in [-0.15, -0.1) is 0 Å². The molecule has 1 aromatic heterocycles. The summed E-state index contributed by atoms with van der Waals surface area (Å²) in [4.78, 5) is 19.7. The van der Waals surface area contributed by atoms with Crippen LogP contribution in [-0.4, -0.2) is 15.9 Å². The molecule has 2 aromatic carbocycles. The summed E-state index contributed by atoms with van der Waals surface area (Å²) in [5.74, 6) is 0.588. The van der Waals surface area contributed by atoms with E-state index in [9.17, 15) is 4.79 Å². The van der Waals surface area contributed by atoms with Gasteiger partial charge in [0, 0.05) is 10.6 Å². The van der Waals surface area contributed by atoms with Crippen molar-refractivity contribution in [1.82, 2.24) is 15.3 Å². The van der Waals surface area contributed by atoms with Crippen molar-refractivity contribution in [2.24, 2.45) is 0 Å². The number of hydrogen-bond acceptors (Lipinski definition) is 2. The second kappa shape index (κ2) is 5.58. The summed E-state index contributed by atoms with van der Waals surface area (Å²) in [5.41, 5.74) is 3.33. The molecule has 0 aliphatic carbocycles. The Morgan fingerprint density at radius 2 is 2.10 bits per heavy atom. The van der Waals surface area contributed by atoms with Crippen LogP contribution in [0.5, 0.6) is 0 Å². The zero-order chi connectivity index (χ0) is 14.8. The Labute approximate surface area is 127 Å². The molecule has 4 nitrogen and oxygen atoms in total. The van der Waals surface area contributed by atoms with Crippen molar-refractivity contribution in [1.29, 1.82) is 0 Å². The molecular weight excluding hydrogens is 286 g/mol. The number of amides is 1. The van der Waals surface area contributed by atoms with Gasteiger partial charge in [0.1, 0.15) is 5.82 Å². The highest BCUT2D eigenvalue weighted by Gasteiger charge is 2.08. The second-order valence-electron chi connectivity index (χ2n) is 4.85. The van der Waals surface area contributed by atoms with Crippen molar-refractivity contribution in [3.8, 4) is 0 Å². The normalized spacial score (nSPS) is 10.8. The lowest BCUT2D eigenvalue weighted by Crippen LogP contribution is -2.23. The Kier molecular flexibility index (Phi) is 3.62. The number of halogens is 1. The van der Waals surface area contributed by atoms with E-state index in [1.165, 1.54) is 0 Å². The molecule has 5 heteroatoms. The van der Waals surface area contributed by atoms with Crippen LogP contribution in [0.2, 0.25) is 5.02 Å². The molecule has 0 fully saturated rings. The number of nitrogens with zero attached hydrogens (tertiary/aromatic N) is 1. The monoisotopic (exact) mass is 299 g/mol. The van der Waals surface area contributed by atoms with Gasteiger partial charge in [0.25, 0.3) is 5.91 Å². The molecular formula is C16H14ClN3O. The van der Waals surface area contributed by atoms with Gasteiger partial charge in [0.15, 0.2) is 0 Å². The molecule has 106 valence electrons. The quantitative estimate of drug-likeness (QED) is 0.778. The fourth-order valence-electron chi connectivity index (χ4n) is 2.14. The highest BCUT2D eigenvalue weighted by molar-refractivity contribution is 6.31. The fraction of sp³-hybridized carbons (Fsp3) is 0.125. The maximum Gasteiger partial charge on any atom is 0.251 e. The SMILES string of the molecule is Cc1cc(C(=O)NCc2nc3ccccc3[nH]2)ccc1Cl. The zero-order valence-electron chi connectivity index (χ0n) is 11.5. The van der Waals surface area contributed by atoms with Gasteiger partial charge >= 0.3 is 0 Å². The van der Waals surface area contributed by atoms with Crippen LogP contribution in [0.3, 0.4) is 0 Å². The average molecular weight is 300 g/mol. The van der Waals surface area contributed by atoms with E-state index < -0.39 is 0 Å². The van der Waals surface area contributed by atoms with Crippen molar-refractivity contribution in [2.45, 2.75) is 13.5 Å². The highest BCUT2D eigenvalue weighted by Crippen LogP contribution is 2.16. The van der Waals surface area contributed by atoms with E-state index in [0.29, 0.717) is 17.1 Å². The van der Waals surface area contributed by atoms with Gasteiger partial charge in [-0.2, -0.15) is 0 Å². The largest absolute Gasteiger partial charge is 0.345 e. The number of imidazole rings is 1. The average Bonchev–Trinajstić information content (AvgIpc) is 2.90. The smallest absolute Gasteiger partial charge is 0.251 e. The molecule has 21 heavy (non-hydrogen) atoms. The third kappa shape index (κ3) is 2.90.